The van der Waals surface area contributed by atoms with Crippen LogP contribution in [0.15, 0.2) is 11.8 Å². The molecular formula is C7H12O3. The Bertz CT molecular complexity index is 149. The molecule has 0 saturated carbocycles. The summed E-state index contributed by atoms with van der Waals surface area (Å²) in [6, 6.07) is 0. The minimum absolute atomic E-state index is 0.121. The highest BCUT2D eigenvalue weighted by Gasteiger charge is 2.04. The van der Waals surface area contributed by atoms with Gasteiger partial charge in [-0.25, -0.2) is 4.79 Å². The number of hydrogen-bond donors (Lipinski definition) is 2. The fraction of sp³-hybridized carbons (Fsp3) is 0.571. The van der Waals surface area contributed by atoms with Crippen LogP contribution in [0.4, 0.5) is 0 Å². The van der Waals surface area contributed by atoms with Crippen molar-refractivity contribution < 1.29 is 15.0 Å². The molecule has 0 aliphatic heterocycles. The molecule has 0 aromatic heterocycles. The van der Waals surface area contributed by atoms with Gasteiger partial charge in [0.05, 0.1) is 0 Å². The van der Waals surface area contributed by atoms with Crippen molar-refractivity contribution in [1.82, 2.24) is 0 Å². The molecule has 0 bridgehead atoms. The molecule has 0 aliphatic rings. The maximum atomic E-state index is 10.0. The molecule has 0 aromatic rings. The number of aliphatic hydroxyl groups is 1. The maximum Gasteiger partial charge on any atom is 0.370 e. The van der Waals surface area contributed by atoms with Crippen LogP contribution >= 0.6 is 0 Å². The Labute approximate surface area is 60.0 Å². The number of aliphatic hydroxyl groups excluding tert-OH is 1. The van der Waals surface area contributed by atoms with E-state index in [1.54, 1.807) is 0 Å². The standard InChI is InChI=1S/C7H12O3/c1-3-5(2)4-6(8)7(9)10/h4-5,8H,3H2,1-2H3,(H,9,10). The van der Waals surface area contributed by atoms with Gasteiger partial charge >= 0.3 is 5.97 Å². The van der Waals surface area contributed by atoms with E-state index < -0.39 is 11.7 Å². The first-order valence-corrected chi connectivity index (χ1v) is 3.22. The van der Waals surface area contributed by atoms with Gasteiger partial charge in [0.1, 0.15) is 0 Å². The van der Waals surface area contributed by atoms with Crippen molar-refractivity contribution in [2.24, 2.45) is 5.92 Å². The van der Waals surface area contributed by atoms with Crippen LogP contribution in [0.1, 0.15) is 20.3 Å². The number of carboxylic acids is 1. The second kappa shape index (κ2) is 3.93. The van der Waals surface area contributed by atoms with Crippen LogP contribution in [0.3, 0.4) is 0 Å². The fourth-order valence-electron chi connectivity index (χ4n) is 0.459. The summed E-state index contributed by atoms with van der Waals surface area (Å²) in [5.74, 6) is -1.70. The van der Waals surface area contributed by atoms with Crippen molar-refractivity contribution in [3.63, 3.8) is 0 Å². The topological polar surface area (TPSA) is 57.5 Å². The smallest absolute Gasteiger partial charge is 0.370 e. The normalized spacial score (nSPS) is 14.8. The predicted octanol–water partition coefficient (Wildman–Crippen LogP) is 1.56. The number of allylic oxidation sites excluding steroid dienone is 1. The summed E-state index contributed by atoms with van der Waals surface area (Å²) in [4.78, 5) is 10.0. The minimum atomic E-state index is -1.26. The Balaban J connectivity index is 4.02. The van der Waals surface area contributed by atoms with E-state index in [0.717, 1.165) is 6.42 Å². The first kappa shape index (κ1) is 9.01. The summed E-state index contributed by atoms with van der Waals surface area (Å²) in [7, 11) is 0. The third-order valence-corrected chi connectivity index (χ3v) is 1.31. The Morgan fingerprint density at radius 2 is 2.10 bits per heavy atom. The molecule has 0 radical (unpaired) electrons. The van der Waals surface area contributed by atoms with Gasteiger partial charge in [-0.15, -0.1) is 0 Å². The Hall–Kier alpha value is -0.990. The molecule has 0 spiro atoms. The highest BCUT2D eigenvalue weighted by Crippen LogP contribution is 2.04. The third-order valence-electron chi connectivity index (χ3n) is 1.31. The second-order valence-corrected chi connectivity index (χ2v) is 2.24. The van der Waals surface area contributed by atoms with Crippen LogP contribution in [-0.4, -0.2) is 16.2 Å². The molecule has 10 heavy (non-hydrogen) atoms. The van der Waals surface area contributed by atoms with E-state index in [1.807, 2.05) is 13.8 Å². The summed E-state index contributed by atoms with van der Waals surface area (Å²) in [5.41, 5.74) is 0. The molecule has 0 fully saturated rings. The van der Waals surface area contributed by atoms with Crippen LogP contribution in [-0.2, 0) is 4.79 Å². The number of aliphatic carboxylic acids is 1. The van der Waals surface area contributed by atoms with E-state index in [0.29, 0.717) is 0 Å². The van der Waals surface area contributed by atoms with Crippen molar-refractivity contribution >= 4 is 5.97 Å². The Kier molecular flexibility index (Phi) is 3.54. The van der Waals surface area contributed by atoms with Crippen molar-refractivity contribution in [2.75, 3.05) is 0 Å². The van der Waals surface area contributed by atoms with E-state index in [4.69, 9.17) is 10.2 Å². The summed E-state index contributed by atoms with van der Waals surface area (Å²) in [5, 5.41) is 16.9. The molecule has 0 rings (SSSR count). The molecule has 3 nitrogen and oxygen atoms in total. The lowest BCUT2D eigenvalue weighted by atomic mass is 10.1. The Morgan fingerprint density at radius 1 is 1.60 bits per heavy atom. The van der Waals surface area contributed by atoms with Gasteiger partial charge < -0.3 is 10.2 Å². The van der Waals surface area contributed by atoms with Crippen molar-refractivity contribution in [1.29, 1.82) is 0 Å². The van der Waals surface area contributed by atoms with Gasteiger partial charge in [-0.2, -0.15) is 0 Å². The van der Waals surface area contributed by atoms with Crippen LogP contribution in [0.25, 0.3) is 0 Å². The van der Waals surface area contributed by atoms with Crippen LogP contribution in [0.2, 0.25) is 0 Å². The first-order chi connectivity index (χ1) is 4.57. The average molecular weight is 144 g/mol. The summed E-state index contributed by atoms with van der Waals surface area (Å²) in [6.07, 6.45) is 2.17. The van der Waals surface area contributed by atoms with E-state index >= 15 is 0 Å². The van der Waals surface area contributed by atoms with Crippen LogP contribution < -0.4 is 0 Å². The predicted molar refractivity (Wildman–Crippen MR) is 37.8 cm³/mol. The lowest BCUT2D eigenvalue weighted by Crippen LogP contribution is -2.01. The van der Waals surface area contributed by atoms with Gasteiger partial charge in [-0.1, -0.05) is 13.8 Å². The first-order valence-electron chi connectivity index (χ1n) is 3.22. The minimum Gasteiger partial charge on any atom is -0.502 e. The molecule has 1 atom stereocenters. The summed E-state index contributed by atoms with van der Waals surface area (Å²) < 4.78 is 0. The molecular weight excluding hydrogens is 132 g/mol. The van der Waals surface area contributed by atoms with E-state index in [1.165, 1.54) is 6.08 Å². The lowest BCUT2D eigenvalue weighted by Gasteiger charge is -1.99. The van der Waals surface area contributed by atoms with Crippen molar-refractivity contribution in [3.8, 4) is 0 Å². The van der Waals surface area contributed by atoms with Crippen LogP contribution in [0, 0.1) is 5.92 Å². The molecule has 3 heteroatoms. The SMILES string of the molecule is CCC(C)C=C(O)C(=O)O. The molecule has 58 valence electrons. The second-order valence-electron chi connectivity index (χ2n) is 2.24. The maximum absolute atomic E-state index is 10.0. The highest BCUT2D eigenvalue weighted by atomic mass is 16.4. The molecule has 0 heterocycles. The van der Waals surface area contributed by atoms with Gasteiger partial charge in [-0.05, 0) is 18.4 Å². The van der Waals surface area contributed by atoms with Crippen molar-refractivity contribution in [2.45, 2.75) is 20.3 Å². The largest absolute Gasteiger partial charge is 0.502 e. The quantitative estimate of drug-likeness (QED) is 0.466. The molecule has 0 aromatic carbocycles. The molecule has 2 N–H and O–H groups in total. The van der Waals surface area contributed by atoms with Gasteiger partial charge in [0.2, 0.25) is 0 Å². The zero-order chi connectivity index (χ0) is 8.15. The lowest BCUT2D eigenvalue weighted by molar-refractivity contribution is -0.135. The molecule has 1 unspecified atom stereocenters. The number of carbonyl (C=O) groups is 1. The Morgan fingerprint density at radius 3 is 2.40 bits per heavy atom. The molecule has 0 saturated heterocycles. The van der Waals surface area contributed by atoms with Crippen molar-refractivity contribution in [3.05, 3.63) is 11.8 Å². The zero-order valence-corrected chi connectivity index (χ0v) is 6.16. The van der Waals surface area contributed by atoms with Gasteiger partial charge in [-0.3, -0.25) is 0 Å². The number of rotatable bonds is 3. The zero-order valence-electron chi connectivity index (χ0n) is 6.16. The summed E-state index contributed by atoms with van der Waals surface area (Å²) in [6.45, 7) is 3.77. The monoisotopic (exact) mass is 144 g/mol. The third kappa shape index (κ3) is 3.12. The van der Waals surface area contributed by atoms with E-state index in [2.05, 4.69) is 0 Å². The molecule has 0 amide bonds. The van der Waals surface area contributed by atoms with Gasteiger partial charge in [0.15, 0.2) is 5.76 Å². The fourth-order valence-corrected chi connectivity index (χ4v) is 0.459. The van der Waals surface area contributed by atoms with E-state index in [-0.39, 0.29) is 5.92 Å². The average Bonchev–Trinajstić information content (AvgIpc) is 1.87. The summed E-state index contributed by atoms with van der Waals surface area (Å²) >= 11 is 0. The highest BCUT2D eigenvalue weighted by molar-refractivity contribution is 5.83. The van der Waals surface area contributed by atoms with E-state index in [9.17, 15) is 4.79 Å². The number of hydrogen-bond acceptors (Lipinski definition) is 2. The van der Waals surface area contributed by atoms with Gasteiger partial charge in [0.25, 0.3) is 0 Å². The van der Waals surface area contributed by atoms with Crippen LogP contribution in [0.5, 0.6) is 0 Å². The van der Waals surface area contributed by atoms with Gasteiger partial charge in [0, 0.05) is 0 Å². The molecule has 0 aliphatic carbocycles. The number of carboxylic acid groups (broad SMARTS) is 1.